The second-order valence-corrected chi connectivity index (χ2v) is 7.03. The molecular formula is C13H18N2O4S. The molecule has 0 aliphatic heterocycles. The predicted octanol–water partition coefficient (Wildman–Crippen LogP) is 1.79. The van der Waals surface area contributed by atoms with E-state index < -0.39 is 15.9 Å². The fourth-order valence-electron chi connectivity index (χ4n) is 2.04. The van der Waals surface area contributed by atoms with E-state index in [1.54, 1.807) is 0 Å². The third kappa shape index (κ3) is 2.63. The SMILES string of the molecule is C/C(=C/C(=O)N(C)S(=O)(=O)c1c(C)noc1C)C1CC1. The van der Waals surface area contributed by atoms with E-state index in [0.29, 0.717) is 5.92 Å². The Morgan fingerprint density at radius 1 is 1.40 bits per heavy atom. The second-order valence-electron chi connectivity index (χ2n) is 5.13. The zero-order chi connectivity index (χ0) is 15.1. The highest BCUT2D eigenvalue weighted by atomic mass is 32.2. The highest BCUT2D eigenvalue weighted by Crippen LogP contribution is 2.36. The minimum Gasteiger partial charge on any atom is -0.360 e. The lowest BCUT2D eigenvalue weighted by molar-refractivity contribution is -0.120. The second kappa shape index (κ2) is 5.05. The summed E-state index contributed by atoms with van der Waals surface area (Å²) in [5, 5.41) is 3.62. The third-order valence-corrected chi connectivity index (χ3v) is 5.47. The highest BCUT2D eigenvalue weighted by Gasteiger charge is 2.32. The Bertz CT molecular complexity index is 649. The number of rotatable bonds is 4. The van der Waals surface area contributed by atoms with Gasteiger partial charge in [0.2, 0.25) is 0 Å². The van der Waals surface area contributed by atoms with Crippen LogP contribution in [0.4, 0.5) is 0 Å². The van der Waals surface area contributed by atoms with Crippen LogP contribution in [0.25, 0.3) is 0 Å². The lowest BCUT2D eigenvalue weighted by Gasteiger charge is -2.15. The Morgan fingerprint density at radius 3 is 2.45 bits per heavy atom. The number of aryl methyl sites for hydroxylation is 2. The number of aromatic nitrogens is 1. The minimum absolute atomic E-state index is 0.0363. The molecule has 0 N–H and O–H groups in total. The van der Waals surface area contributed by atoms with Gasteiger partial charge in [-0.25, -0.2) is 12.7 Å². The number of allylic oxidation sites excluding steroid dienone is 1. The van der Waals surface area contributed by atoms with Crippen molar-refractivity contribution in [3.63, 3.8) is 0 Å². The van der Waals surface area contributed by atoms with Gasteiger partial charge >= 0.3 is 0 Å². The lowest BCUT2D eigenvalue weighted by atomic mass is 10.2. The average Bonchev–Trinajstić information content (AvgIpc) is 3.14. The van der Waals surface area contributed by atoms with Crippen molar-refractivity contribution in [2.75, 3.05) is 7.05 Å². The Hall–Kier alpha value is -1.63. The summed E-state index contributed by atoms with van der Waals surface area (Å²) >= 11 is 0. The van der Waals surface area contributed by atoms with Crippen LogP contribution < -0.4 is 0 Å². The van der Waals surface area contributed by atoms with Crippen molar-refractivity contribution in [1.82, 2.24) is 9.46 Å². The van der Waals surface area contributed by atoms with Gasteiger partial charge in [-0.05, 0) is 39.5 Å². The van der Waals surface area contributed by atoms with Gasteiger partial charge in [0.1, 0.15) is 5.69 Å². The van der Waals surface area contributed by atoms with Crippen molar-refractivity contribution in [3.8, 4) is 0 Å². The zero-order valence-electron chi connectivity index (χ0n) is 12.0. The summed E-state index contributed by atoms with van der Waals surface area (Å²) in [4.78, 5) is 12.0. The van der Waals surface area contributed by atoms with E-state index in [-0.39, 0.29) is 16.3 Å². The number of hydrogen-bond donors (Lipinski definition) is 0. The lowest BCUT2D eigenvalue weighted by Crippen LogP contribution is -2.32. The quantitative estimate of drug-likeness (QED) is 0.792. The number of sulfonamides is 1. The van der Waals surface area contributed by atoms with Crippen molar-refractivity contribution in [3.05, 3.63) is 23.1 Å². The molecule has 0 bridgehead atoms. The fourth-order valence-corrected chi connectivity index (χ4v) is 3.42. The molecule has 0 atom stereocenters. The van der Waals surface area contributed by atoms with E-state index >= 15 is 0 Å². The maximum absolute atomic E-state index is 12.4. The Morgan fingerprint density at radius 2 is 2.00 bits per heavy atom. The van der Waals surface area contributed by atoms with Crippen molar-refractivity contribution >= 4 is 15.9 Å². The van der Waals surface area contributed by atoms with Crippen molar-refractivity contribution < 1.29 is 17.7 Å². The maximum atomic E-state index is 12.4. The van der Waals surface area contributed by atoms with Crippen molar-refractivity contribution in [2.45, 2.75) is 38.5 Å². The first-order chi connectivity index (χ1) is 9.25. The van der Waals surface area contributed by atoms with Crippen LogP contribution in [0.3, 0.4) is 0 Å². The largest absolute Gasteiger partial charge is 0.360 e. The molecule has 0 radical (unpaired) electrons. The molecule has 6 nitrogen and oxygen atoms in total. The number of hydrogen-bond acceptors (Lipinski definition) is 5. The molecule has 1 aliphatic rings. The summed E-state index contributed by atoms with van der Waals surface area (Å²) in [5.74, 6) is 0.0635. The van der Waals surface area contributed by atoms with Gasteiger partial charge < -0.3 is 4.52 Å². The Labute approximate surface area is 118 Å². The summed E-state index contributed by atoms with van der Waals surface area (Å²) in [6, 6.07) is 0. The van der Waals surface area contributed by atoms with Gasteiger partial charge in [-0.2, -0.15) is 0 Å². The molecule has 1 heterocycles. The molecule has 0 unspecified atom stereocenters. The molecule has 7 heteroatoms. The number of carbonyl (C=O) groups is 1. The van der Waals surface area contributed by atoms with E-state index in [0.717, 1.165) is 22.7 Å². The molecule has 20 heavy (non-hydrogen) atoms. The van der Waals surface area contributed by atoms with Crippen LogP contribution in [0.2, 0.25) is 0 Å². The van der Waals surface area contributed by atoms with Crippen LogP contribution in [-0.4, -0.2) is 30.8 Å². The zero-order valence-corrected chi connectivity index (χ0v) is 12.8. The topological polar surface area (TPSA) is 80.5 Å². The summed E-state index contributed by atoms with van der Waals surface area (Å²) in [6.07, 6.45) is 3.53. The predicted molar refractivity (Wildman–Crippen MR) is 72.4 cm³/mol. The van der Waals surface area contributed by atoms with Gasteiger partial charge in [-0.1, -0.05) is 10.7 Å². The number of amides is 1. The van der Waals surface area contributed by atoms with E-state index in [1.807, 2.05) is 6.92 Å². The molecule has 0 aromatic carbocycles. The van der Waals surface area contributed by atoms with Gasteiger partial charge in [-0.3, -0.25) is 4.79 Å². The van der Waals surface area contributed by atoms with Gasteiger partial charge in [0.25, 0.3) is 15.9 Å². The van der Waals surface area contributed by atoms with Crippen molar-refractivity contribution in [2.24, 2.45) is 5.92 Å². The normalized spacial score (nSPS) is 16.3. The molecule has 1 amide bonds. The van der Waals surface area contributed by atoms with Crippen LogP contribution in [0.15, 0.2) is 21.1 Å². The summed E-state index contributed by atoms with van der Waals surface area (Å²) in [6.45, 7) is 4.90. The van der Waals surface area contributed by atoms with E-state index in [9.17, 15) is 13.2 Å². The molecule has 1 aromatic heterocycles. The molecule has 1 aromatic rings. The fraction of sp³-hybridized carbons (Fsp3) is 0.538. The first-order valence-corrected chi connectivity index (χ1v) is 7.83. The molecule has 1 saturated carbocycles. The highest BCUT2D eigenvalue weighted by molar-refractivity contribution is 7.89. The summed E-state index contributed by atoms with van der Waals surface area (Å²) in [7, 11) is -2.67. The van der Waals surface area contributed by atoms with Crippen molar-refractivity contribution in [1.29, 1.82) is 0 Å². The van der Waals surface area contributed by atoms with Crippen LogP contribution >= 0.6 is 0 Å². The standard InChI is InChI=1S/C13H18N2O4S/c1-8(11-5-6-11)7-12(16)15(4)20(17,18)13-9(2)14-19-10(13)3/h7,11H,5-6H2,1-4H3/b8-7-. The molecule has 0 saturated heterocycles. The summed E-state index contributed by atoms with van der Waals surface area (Å²) in [5.41, 5.74) is 1.18. The number of likely N-dealkylation sites (N-methyl/N-ethyl adjacent to an activating group) is 1. The maximum Gasteiger partial charge on any atom is 0.271 e. The van der Waals surface area contributed by atoms with Gasteiger partial charge in [0.15, 0.2) is 10.7 Å². The average molecular weight is 298 g/mol. The molecule has 1 fully saturated rings. The van der Waals surface area contributed by atoms with Gasteiger partial charge in [-0.15, -0.1) is 0 Å². The number of nitrogens with zero attached hydrogens (tertiary/aromatic N) is 2. The smallest absolute Gasteiger partial charge is 0.271 e. The van der Waals surface area contributed by atoms with E-state index in [2.05, 4.69) is 5.16 Å². The Balaban J connectivity index is 2.30. The van der Waals surface area contributed by atoms with Crippen LogP contribution in [0.1, 0.15) is 31.2 Å². The first kappa shape index (κ1) is 14.8. The minimum atomic E-state index is -3.92. The van der Waals surface area contributed by atoms with Crippen LogP contribution in [0, 0.1) is 19.8 Å². The van der Waals surface area contributed by atoms with Gasteiger partial charge in [0, 0.05) is 13.1 Å². The van der Waals surface area contributed by atoms with Crippen LogP contribution in [0.5, 0.6) is 0 Å². The molecule has 2 rings (SSSR count). The first-order valence-electron chi connectivity index (χ1n) is 6.39. The molecular weight excluding hydrogens is 280 g/mol. The molecule has 1 aliphatic carbocycles. The van der Waals surface area contributed by atoms with E-state index in [1.165, 1.54) is 27.0 Å². The third-order valence-electron chi connectivity index (χ3n) is 3.47. The monoisotopic (exact) mass is 298 g/mol. The molecule has 110 valence electrons. The Kier molecular flexibility index (Phi) is 3.73. The van der Waals surface area contributed by atoms with E-state index in [4.69, 9.17) is 4.52 Å². The number of carbonyl (C=O) groups excluding carboxylic acids is 1. The molecule has 0 spiro atoms. The summed E-state index contributed by atoms with van der Waals surface area (Å²) < 4.78 is 30.4. The van der Waals surface area contributed by atoms with Gasteiger partial charge in [0.05, 0.1) is 0 Å². The van der Waals surface area contributed by atoms with Crippen LogP contribution in [-0.2, 0) is 14.8 Å².